The van der Waals surface area contributed by atoms with Gasteiger partial charge in [-0.25, -0.2) is 0 Å². The lowest BCUT2D eigenvalue weighted by Gasteiger charge is -2.33. The molecule has 1 heteroatoms. The van der Waals surface area contributed by atoms with Crippen molar-refractivity contribution < 1.29 is 0 Å². The fourth-order valence-electron chi connectivity index (χ4n) is 13.0. The molecule has 0 aromatic heterocycles. The van der Waals surface area contributed by atoms with Gasteiger partial charge in [-0.2, -0.15) is 0 Å². The van der Waals surface area contributed by atoms with Crippen molar-refractivity contribution in [3.05, 3.63) is 225 Å². The lowest BCUT2D eigenvalue weighted by Crippen LogP contribution is -2.20. The van der Waals surface area contributed by atoms with Crippen LogP contribution < -0.4 is 4.90 Å². The van der Waals surface area contributed by atoms with Gasteiger partial charge < -0.3 is 4.90 Å². The fourth-order valence-corrected chi connectivity index (χ4v) is 13.0. The van der Waals surface area contributed by atoms with Crippen LogP contribution in [0.25, 0.3) is 55.7 Å². The molecule has 1 nitrogen and oxygen atoms in total. The Bertz CT molecular complexity index is 3320. The van der Waals surface area contributed by atoms with Gasteiger partial charge in [0, 0.05) is 33.7 Å². The van der Waals surface area contributed by atoms with Crippen LogP contribution in [0.15, 0.2) is 175 Å². The van der Waals surface area contributed by atoms with E-state index in [1.165, 1.54) is 128 Å². The predicted molar refractivity (Wildman–Crippen MR) is 285 cm³/mol. The van der Waals surface area contributed by atoms with E-state index in [9.17, 15) is 0 Å². The number of aryl methyl sites for hydroxylation is 1. The van der Waals surface area contributed by atoms with Crippen LogP contribution in [0, 0.1) is 6.92 Å². The van der Waals surface area contributed by atoms with Gasteiger partial charge >= 0.3 is 0 Å². The molecule has 0 spiro atoms. The number of hydrogen-bond acceptors (Lipinski definition) is 1. The first-order valence-corrected chi connectivity index (χ1v) is 25.0. The average Bonchev–Trinajstić information content (AvgIpc) is 3.89. The minimum atomic E-state index is -0.0714. The molecule has 12 rings (SSSR count). The molecule has 0 fully saturated rings. The van der Waals surface area contributed by atoms with Crippen LogP contribution in [0.4, 0.5) is 11.4 Å². The molecule has 0 aliphatic heterocycles. The molecule has 7 aromatic carbocycles. The third-order valence-electron chi connectivity index (χ3n) is 16.3. The van der Waals surface area contributed by atoms with Crippen LogP contribution in [-0.2, 0) is 10.8 Å². The molecular weight excluding hydrogens is 807 g/mol. The molecule has 0 saturated carbocycles. The minimum absolute atomic E-state index is 0.00913. The highest BCUT2D eigenvalue weighted by molar-refractivity contribution is 5.98. The van der Waals surface area contributed by atoms with Crippen molar-refractivity contribution in [2.75, 3.05) is 4.90 Å². The molecule has 0 saturated heterocycles. The molecule has 0 heterocycles. The minimum Gasteiger partial charge on any atom is -0.314 e. The third kappa shape index (κ3) is 6.41. The molecule has 1 atom stereocenters. The van der Waals surface area contributed by atoms with Crippen LogP contribution in [0.1, 0.15) is 136 Å². The molecule has 0 radical (unpaired) electrons. The average molecular weight is 868 g/mol. The van der Waals surface area contributed by atoms with E-state index in [0.29, 0.717) is 5.92 Å². The van der Waals surface area contributed by atoms with Gasteiger partial charge in [0.25, 0.3) is 0 Å². The predicted octanol–water partition coefficient (Wildman–Crippen LogP) is 18.2. The van der Waals surface area contributed by atoms with Gasteiger partial charge in [0.05, 0.1) is 5.69 Å². The molecule has 0 amide bonds. The van der Waals surface area contributed by atoms with Crippen molar-refractivity contribution in [2.24, 2.45) is 0 Å². The monoisotopic (exact) mass is 867 g/mol. The number of hydrogen-bond donors (Lipinski definition) is 0. The highest BCUT2D eigenvalue weighted by atomic mass is 15.2. The van der Waals surface area contributed by atoms with E-state index in [4.69, 9.17) is 0 Å². The Labute approximate surface area is 399 Å². The zero-order chi connectivity index (χ0) is 45.8. The lowest BCUT2D eigenvalue weighted by molar-refractivity contribution is 0.657. The van der Waals surface area contributed by atoms with Crippen LogP contribution in [0.5, 0.6) is 0 Å². The second kappa shape index (κ2) is 15.7. The van der Waals surface area contributed by atoms with Crippen molar-refractivity contribution in [2.45, 2.75) is 104 Å². The maximum Gasteiger partial charge on any atom is 0.0540 e. The first-order valence-electron chi connectivity index (χ1n) is 25.0. The van der Waals surface area contributed by atoms with Gasteiger partial charge in [-0.15, -0.1) is 0 Å². The summed E-state index contributed by atoms with van der Waals surface area (Å²) in [6.07, 6.45) is 16.1. The van der Waals surface area contributed by atoms with Gasteiger partial charge in [0.2, 0.25) is 0 Å². The van der Waals surface area contributed by atoms with Gasteiger partial charge in [-0.3, -0.25) is 0 Å². The Balaban J connectivity index is 1.02. The van der Waals surface area contributed by atoms with Gasteiger partial charge in [0.1, 0.15) is 0 Å². The van der Waals surface area contributed by atoms with E-state index in [1.807, 2.05) is 0 Å². The quantitative estimate of drug-likeness (QED) is 0.147. The zero-order valence-corrected chi connectivity index (χ0v) is 40.4. The Kier molecular flexibility index (Phi) is 9.77. The van der Waals surface area contributed by atoms with Crippen molar-refractivity contribution in [3.63, 3.8) is 0 Å². The summed E-state index contributed by atoms with van der Waals surface area (Å²) in [6.45, 7) is 16.5. The smallest absolute Gasteiger partial charge is 0.0540 e. The molecule has 0 N–H and O–H groups in total. The molecule has 67 heavy (non-hydrogen) atoms. The first-order chi connectivity index (χ1) is 32.5. The second-order valence-electron chi connectivity index (χ2n) is 21.0. The number of nitrogens with zero attached hydrogens (tertiary/aromatic N) is 1. The normalized spacial score (nSPS) is 17.8. The van der Waals surface area contributed by atoms with Gasteiger partial charge in [-0.1, -0.05) is 186 Å². The van der Waals surface area contributed by atoms with Crippen molar-refractivity contribution in [1.29, 1.82) is 0 Å². The third-order valence-corrected chi connectivity index (χ3v) is 16.3. The summed E-state index contributed by atoms with van der Waals surface area (Å²) in [7, 11) is 0. The maximum absolute atomic E-state index is 2.63. The van der Waals surface area contributed by atoms with Crippen LogP contribution in [0.3, 0.4) is 0 Å². The fraction of sp³-hybridized carbons (Fsp3) is 0.242. The Hall–Kier alpha value is -6.70. The van der Waals surface area contributed by atoms with Gasteiger partial charge in [0.15, 0.2) is 0 Å². The SMILES string of the molecule is CCCC1c2ccccc2-c2c(N(C3=CC=C(c4cccc5c4C(C)(C)c4ccc(C)cc4-5)CC3)c3ccc(-c4ccc5c(c4)-c4ccccc4C5(C)C)cc3)ccc(C3=C(C)CCC=C3)c21. The Morgan fingerprint density at radius 2 is 1.27 bits per heavy atom. The summed E-state index contributed by atoms with van der Waals surface area (Å²) in [6, 6.07) is 53.9. The molecule has 5 aliphatic carbocycles. The highest BCUT2D eigenvalue weighted by Gasteiger charge is 2.40. The number of rotatable bonds is 8. The van der Waals surface area contributed by atoms with Crippen molar-refractivity contribution in [3.8, 4) is 44.5 Å². The van der Waals surface area contributed by atoms with Crippen LogP contribution in [-0.4, -0.2) is 0 Å². The number of anilines is 2. The van der Waals surface area contributed by atoms with Crippen LogP contribution in [0.2, 0.25) is 0 Å². The highest BCUT2D eigenvalue weighted by Crippen LogP contribution is 2.57. The first kappa shape index (κ1) is 41.7. The second-order valence-corrected chi connectivity index (χ2v) is 21.0. The number of allylic oxidation sites excluding steroid dienone is 8. The van der Waals surface area contributed by atoms with E-state index in [2.05, 4.69) is 217 Å². The maximum atomic E-state index is 2.63. The summed E-state index contributed by atoms with van der Waals surface area (Å²) >= 11 is 0. The summed E-state index contributed by atoms with van der Waals surface area (Å²) < 4.78 is 0. The Morgan fingerprint density at radius 1 is 0.567 bits per heavy atom. The lowest BCUT2D eigenvalue weighted by atomic mass is 9.77. The summed E-state index contributed by atoms with van der Waals surface area (Å²) in [5.74, 6) is 0.351. The summed E-state index contributed by atoms with van der Waals surface area (Å²) in [4.78, 5) is 2.63. The topological polar surface area (TPSA) is 3.24 Å². The van der Waals surface area contributed by atoms with Gasteiger partial charge in [-0.05, 0) is 171 Å². The standard InChI is InChI=1S/C66H61N/c1-8-16-52-50-19-11-12-21-53(50)63-61(38-35-54(62(52)63)48-18-10-9-17-42(48)3)67(46-31-26-43(27-32-46)45-30-37-59-57(40-45)51-20-13-14-24-58(51)65(59,4)5)47-33-28-44(29-34-47)49-22-15-23-55-56-39-41(2)25-36-60(56)66(6,7)64(49)55/h10-15,18-28,30-33,35-40,52H,8-9,16-17,29,34H2,1-7H3. The van der Waals surface area contributed by atoms with Crippen molar-refractivity contribution in [1.82, 2.24) is 0 Å². The molecule has 7 aromatic rings. The van der Waals surface area contributed by atoms with E-state index < -0.39 is 0 Å². The molecular formula is C66H61N. The zero-order valence-electron chi connectivity index (χ0n) is 40.4. The largest absolute Gasteiger partial charge is 0.314 e. The van der Waals surface area contributed by atoms with E-state index >= 15 is 0 Å². The molecule has 330 valence electrons. The summed E-state index contributed by atoms with van der Waals surface area (Å²) in [5.41, 5.74) is 31.7. The summed E-state index contributed by atoms with van der Waals surface area (Å²) in [5, 5.41) is 0. The van der Waals surface area contributed by atoms with E-state index in [-0.39, 0.29) is 10.8 Å². The number of benzene rings is 7. The van der Waals surface area contributed by atoms with Crippen molar-refractivity contribution >= 4 is 22.5 Å². The number of fused-ring (bicyclic) bond motifs is 9. The molecule has 0 bridgehead atoms. The van der Waals surface area contributed by atoms with E-state index in [0.717, 1.165) is 38.5 Å². The Morgan fingerprint density at radius 3 is 2.06 bits per heavy atom. The van der Waals surface area contributed by atoms with E-state index in [1.54, 1.807) is 0 Å². The molecule has 1 unspecified atom stereocenters. The molecule has 5 aliphatic rings. The van der Waals surface area contributed by atoms with Crippen LogP contribution >= 0.6 is 0 Å².